The minimum Gasteiger partial charge on any atom is -0.373 e. The van der Waals surface area contributed by atoms with Crippen molar-refractivity contribution in [2.75, 3.05) is 19.6 Å². The molecule has 1 heterocycles. The number of ether oxygens (including phenoxy) is 1. The zero-order chi connectivity index (χ0) is 18.2. The number of rotatable bonds is 7. The van der Waals surface area contributed by atoms with Crippen molar-refractivity contribution in [2.45, 2.75) is 59.4 Å². The van der Waals surface area contributed by atoms with Crippen LogP contribution in [-0.2, 0) is 17.8 Å². The second-order valence-corrected chi connectivity index (χ2v) is 7.53. The van der Waals surface area contributed by atoms with Gasteiger partial charge >= 0.3 is 0 Å². The lowest BCUT2D eigenvalue weighted by Crippen LogP contribution is -2.44. The number of benzene rings is 1. The summed E-state index contributed by atoms with van der Waals surface area (Å²) in [7, 11) is 0. The van der Waals surface area contributed by atoms with Crippen molar-refractivity contribution in [2.24, 2.45) is 16.6 Å². The van der Waals surface area contributed by atoms with Gasteiger partial charge in [-0.2, -0.15) is 0 Å². The first-order valence-electron chi connectivity index (χ1n) is 9.42. The van der Waals surface area contributed by atoms with E-state index in [9.17, 15) is 0 Å². The highest BCUT2D eigenvalue weighted by Crippen LogP contribution is 2.17. The summed E-state index contributed by atoms with van der Waals surface area (Å²) < 4.78 is 5.83. The Hall–Kier alpha value is -1.59. The van der Waals surface area contributed by atoms with Crippen molar-refractivity contribution in [3.8, 4) is 0 Å². The molecular formula is C20H34N4O. The Kier molecular flexibility index (Phi) is 7.72. The third-order valence-electron chi connectivity index (χ3n) is 4.46. The van der Waals surface area contributed by atoms with E-state index in [1.165, 1.54) is 11.1 Å². The molecule has 2 atom stereocenters. The van der Waals surface area contributed by atoms with E-state index >= 15 is 0 Å². The summed E-state index contributed by atoms with van der Waals surface area (Å²) in [6, 6.07) is 8.51. The van der Waals surface area contributed by atoms with Gasteiger partial charge in [0.25, 0.3) is 0 Å². The lowest BCUT2D eigenvalue weighted by atomic mass is 10.1. The molecule has 5 nitrogen and oxygen atoms in total. The van der Waals surface area contributed by atoms with Gasteiger partial charge in [-0.15, -0.1) is 0 Å². The number of nitrogens with two attached hydrogens (primary N) is 1. The fourth-order valence-corrected chi connectivity index (χ4v) is 3.24. The first-order chi connectivity index (χ1) is 11.9. The number of guanidine groups is 1. The van der Waals surface area contributed by atoms with E-state index in [4.69, 9.17) is 10.5 Å². The van der Waals surface area contributed by atoms with Gasteiger partial charge in [-0.05, 0) is 37.3 Å². The summed E-state index contributed by atoms with van der Waals surface area (Å²) in [6.45, 7) is 13.1. The Morgan fingerprint density at radius 1 is 1.24 bits per heavy atom. The largest absolute Gasteiger partial charge is 0.373 e. The normalized spacial score (nSPS) is 22.4. The fraction of sp³-hybridized carbons (Fsp3) is 0.650. The van der Waals surface area contributed by atoms with Crippen molar-refractivity contribution >= 4 is 5.96 Å². The molecule has 0 bridgehead atoms. The van der Waals surface area contributed by atoms with Crippen LogP contribution in [0, 0.1) is 5.92 Å². The lowest BCUT2D eigenvalue weighted by Gasteiger charge is -2.35. The molecule has 2 rings (SSSR count). The van der Waals surface area contributed by atoms with Gasteiger partial charge in [0.1, 0.15) is 0 Å². The number of nitrogens with zero attached hydrogens (tertiary/aromatic N) is 2. The van der Waals surface area contributed by atoms with Crippen LogP contribution in [0.2, 0.25) is 0 Å². The Morgan fingerprint density at radius 3 is 2.52 bits per heavy atom. The first kappa shape index (κ1) is 19.7. The van der Waals surface area contributed by atoms with Gasteiger partial charge in [-0.25, -0.2) is 4.99 Å². The van der Waals surface area contributed by atoms with Crippen molar-refractivity contribution in [3.63, 3.8) is 0 Å². The molecule has 1 saturated heterocycles. The molecule has 3 N–H and O–H groups in total. The van der Waals surface area contributed by atoms with E-state index in [1.54, 1.807) is 0 Å². The summed E-state index contributed by atoms with van der Waals surface area (Å²) in [5, 5.41) is 3.20. The van der Waals surface area contributed by atoms with Crippen LogP contribution in [0.5, 0.6) is 0 Å². The zero-order valence-electron chi connectivity index (χ0n) is 16.2. The molecule has 2 unspecified atom stereocenters. The molecule has 0 aliphatic carbocycles. The van der Waals surface area contributed by atoms with Crippen molar-refractivity contribution in [1.29, 1.82) is 0 Å². The van der Waals surface area contributed by atoms with Gasteiger partial charge in [-0.1, -0.05) is 38.1 Å². The Balaban J connectivity index is 1.93. The van der Waals surface area contributed by atoms with E-state index in [2.05, 4.69) is 67.2 Å². The Bertz CT molecular complexity index is 548. The molecular weight excluding hydrogens is 312 g/mol. The third-order valence-corrected chi connectivity index (χ3v) is 4.46. The van der Waals surface area contributed by atoms with Crippen LogP contribution in [-0.4, -0.2) is 42.7 Å². The molecule has 1 aliphatic heterocycles. The molecule has 0 radical (unpaired) electrons. The number of aliphatic imine (C=N–C) groups is 1. The predicted molar refractivity (Wildman–Crippen MR) is 105 cm³/mol. The highest BCUT2D eigenvalue weighted by Gasteiger charge is 2.22. The fourth-order valence-electron chi connectivity index (χ4n) is 3.24. The van der Waals surface area contributed by atoms with Crippen LogP contribution < -0.4 is 11.1 Å². The highest BCUT2D eigenvalue weighted by molar-refractivity contribution is 5.77. The van der Waals surface area contributed by atoms with Crippen LogP contribution >= 0.6 is 0 Å². The number of hydrogen-bond donors (Lipinski definition) is 2. The van der Waals surface area contributed by atoms with Crippen LogP contribution in [0.4, 0.5) is 0 Å². The monoisotopic (exact) mass is 346 g/mol. The maximum absolute atomic E-state index is 5.99. The van der Waals surface area contributed by atoms with Gasteiger partial charge < -0.3 is 15.8 Å². The molecule has 25 heavy (non-hydrogen) atoms. The van der Waals surface area contributed by atoms with Crippen LogP contribution in [0.3, 0.4) is 0 Å². The second-order valence-electron chi connectivity index (χ2n) is 7.53. The molecule has 1 fully saturated rings. The molecule has 5 heteroatoms. The van der Waals surface area contributed by atoms with E-state index in [0.29, 0.717) is 18.4 Å². The standard InChI is InChI=1S/C20H34N4O/c1-15(2)9-10-22-20(21)23-11-18-7-5-6-8-19(18)14-24-12-16(3)25-17(4)13-24/h5-8,15-17H,9-14H2,1-4H3,(H3,21,22,23). The summed E-state index contributed by atoms with van der Waals surface area (Å²) in [4.78, 5) is 6.98. The maximum Gasteiger partial charge on any atom is 0.188 e. The molecule has 0 saturated carbocycles. The minimum absolute atomic E-state index is 0.287. The van der Waals surface area contributed by atoms with Crippen LogP contribution in [0.25, 0.3) is 0 Å². The van der Waals surface area contributed by atoms with E-state index in [0.717, 1.165) is 32.6 Å². The van der Waals surface area contributed by atoms with Gasteiger partial charge in [0.15, 0.2) is 5.96 Å². The molecule has 1 aromatic carbocycles. The number of nitrogens with one attached hydrogen (secondary N) is 1. The van der Waals surface area contributed by atoms with E-state index in [-0.39, 0.29) is 12.2 Å². The molecule has 1 aromatic rings. The average Bonchev–Trinajstić information content (AvgIpc) is 2.52. The first-order valence-corrected chi connectivity index (χ1v) is 9.42. The Morgan fingerprint density at radius 2 is 1.88 bits per heavy atom. The third kappa shape index (κ3) is 7.04. The van der Waals surface area contributed by atoms with E-state index in [1.807, 2.05) is 0 Å². The maximum atomic E-state index is 5.99. The summed E-state index contributed by atoms with van der Waals surface area (Å²) >= 11 is 0. The number of morpholine rings is 1. The van der Waals surface area contributed by atoms with Gasteiger partial charge in [-0.3, -0.25) is 4.90 Å². The summed E-state index contributed by atoms with van der Waals surface area (Å²) in [5.41, 5.74) is 8.55. The molecule has 1 aliphatic rings. The van der Waals surface area contributed by atoms with Gasteiger partial charge in [0, 0.05) is 26.2 Å². The predicted octanol–water partition coefficient (Wildman–Crippen LogP) is 2.75. The van der Waals surface area contributed by atoms with E-state index < -0.39 is 0 Å². The smallest absolute Gasteiger partial charge is 0.188 e. The summed E-state index contributed by atoms with van der Waals surface area (Å²) in [5.74, 6) is 1.20. The van der Waals surface area contributed by atoms with Crippen LogP contribution in [0.1, 0.15) is 45.2 Å². The quantitative estimate of drug-likeness (QED) is 0.589. The zero-order valence-corrected chi connectivity index (χ0v) is 16.2. The van der Waals surface area contributed by atoms with Crippen LogP contribution in [0.15, 0.2) is 29.3 Å². The second kappa shape index (κ2) is 9.78. The van der Waals surface area contributed by atoms with Crippen molar-refractivity contribution in [3.05, 3.63) is 35.4 Å². The van der Waals surface area contributed by atoms with Crippen molar-refractivity contribution in [1.82, 2.24) is 10.2 Å². The molecule has 0 aromatic heterocycles. The SMILES string of the molecule is CC(C)CCNC(N)=NCc1ccccc1CN1CC(C)OC(C)C1. The molecule has 0 spiro atoms. The van der Waals surface area contributed by atoms with Crippen molar-refractivity contribution < 1.29 is 4.74 Å². The molecule has 140 valence electrons. The number of hydrogen-bond acceptors (Lipinski definition) is 3. The van der Waals surface area contributed by atoms with Gasteiger partial charge in [0.2, 0.25) is 0 Å². The highest BCUT2D eigenvalue weighted by atomic mass is 16.5. The minimum atomic E-state index is 0.287. The summed E-state index contributed by atoms with van der Waals surface area (Å²) in [6.07, 6.45) is 1.67. The van der Waals surface area contributed by atoms with Gasteiger partial charge in [0.05, 0.1) is 18.8 Å². The topological polar surface area (TPSA) is 62.9 Å². The lowest BCUT2D eigenvalue weighted by molar-refractivity contribution is -0.0705. The average molecular weight is 347 g/mol. The Labute approximate surface area is 152 Å². The molecule has 0 amide bonds.